The smallest absolute Gasteiger partial charge is 0.326 e. The molecule has 9 heteroatoms. The lowest BCUT2D eigenvalue weighted by Crippen LogP contribution is -2.39. The molecule has 0 aliphatic heterocycles. The third-order valence-corrected chi connectivity index (χ3v) is 6.02. The van der Waals surface area contributed by atoms with Gasteiger partial charge in [0.2, 0.25) is 15.9 Å². The van der Waals surface area contributed by atoms with Crippen LogP contribution in [0.2, 0.25) is 0 Å². The molecule has 1 aromatic rings. The van der Waals surface area contributed by atoms with Gasteiger partial charge in [-0.2, -0.15) is 13.2 Å². The third-order valence-electron chi connectivity index (χ3n) is 4.35. The Balaban J connectivity index is 2.09. The van der Waals surface area contributed by atoms with Crippen molar-refractivity contribution < 1.29 is 26.4 Å². The van der Waals surface area contributed by atoms with Crippen molar-refractivity contribution in [1.29, 1.82) is 0 Å². The van der Waals surface area contributed by atoms with Crippen LogP contribution in [0.4, 0.5) is 18.9 Å². The van der Waals surface area contributed by atoms with Crippen molar-refractivity contribution in [2.45, 2.75) is 56.6 Å². The van der Waals surface area contributed by atoms with E-state index in [1.807, 2.05) is 0 Å². The second-order valence-electron chi connectivity index (χ2n) is 6.83. The molecule has 0 aromatic heterocycles. The van der Waals surface area contributed by atoms with Crippen LogP contribution in [0.5, 0.6) is 0 Å². The Morgan fingerprint density at radius 3 is 2.23 bits per heavy atom. The normalized spacial score (nSPS) is 21.6. The van der Waals surface area contributed by atoms with E-state index >= 15 is 0 Å². The molecule has 1 aliphatic rings. The lowest BCUT2D eigenvalue weighted by Gasteiger charge is -2.32. The molecule has 0 radical (unpaired) electrons. The zero-order chi connectivity index (χ0) is 19.5. The number of amides is 1. The number of rotatable bonds is 5. The highest BCUT2D eigenvalue weighted by atomic mass is 32.2. The van der Waals surface area contributed by atoms with E-state index in [9.17, 15) is 26.4 Å². The Kier molecular flexibility index (Phi) is 6.33. The second-order valence-corrected chi connectivity index (χ2v) is 8.54. The number of hydrogen-bond acceptors (Lipinski definition) is 3. The Hall–Kier alpha value is -1.61. The number of sulfonamides is 1. The monoisotopic (exact) mass is 392 g/mol. The molecule has 1 fully saturated rings. The number of alkyl halides is 3. The van der Waals surface area contributed by atoms with Crippen LogP contribution in [0, 0.1) is 11.8 Å². The number of benzene rings is 1. The molecule has 2 unspecified atom stereocenters. The molecule has 2 N–H and O–H groups in total. The topological polar surface area (TPSA) is 75.3 Å². The summed E-state index contributed by atoms with van der Waals surface area (Å²) in [7, 11) is -3.66. The fraction of sp³-hybridized carbons (Fsp3) is 0.588. The van der Waals surface area contributed by atoms with Gasteiger partial charge in [0.25, 0.3) is 0 Å². The zero-order valence-electron chi connectivity index (χ0n) is 14.6. The van der Waals surface area contributed by atoms with Crippen LogP contribution in [-0.4, -0.2) is 26.5 Å². The largest absolute Gasteiger partial charge is 0.392 e. The fourth-order valence-electron chi connectivity index (χ4n) is 3.17. The highest BCUT2D eigenvalue weighted by molar-refractivity contribution is 7.89. The maximum absolute atomic E-state index is 13.1. The van der Waals surface area contributed by atoms with E-state index in [2.05, 4.69) is 10.0 Å². The standard InChI is InChI=1S/C17H23F3N2O3S/c1-11(2)22-26(24,25)13-9-7-12(8-10-13)21-16(23)14-5-3-4-6-15(14)17(18,19)20/h7-11,14-15,22H,3-6H2,1-2H3,(H,21,23). The van der Waals surface area contributed by atoms with Gasteiger partial charge in [0, 0.05) is 17.6 Å². The molecule has 0 spiro atoms. The van der Waals surface area contributed by atoms with E-state index in [4.69, 9.17) is 0 Å². The molecule has 2 atom stereocenters. The Morgan fingerprint density at radius 2 is 1.69 bits per heavy atom. The van der Waals surface area contributed by atoms with Gasteiger partial charge in [0.05, 0.1) is 10.8 Å². The van der Waals surface area contributed by atoms with Crippen LogP contribution in [-0.2, 0) is 14.8 Å². The summed E-state index contributed by atoms with van der Waals surface area (Å²) >= 11 is 0. The Bertz CT molecular complexity index is 731. The molecule has 0 heterocycles. The molecule has 1 aromatic carbocycles. The SMILES string of the molecule is CC(C)NS(=O)(=O)c1ccc(NC(=O)C2CCCCC2C(F)(F)F)cc1. The second kappa shape index (κ2) is 7.96. The lowest BCUT2D eigenvalue weighted by atomic mass is 9.78. The van der Waals surface area contributed by atoms with Gasteiger partial charge >= 0.3 is 6.18 Å². The molecule has 146 valence electrons. The zero-order valence-corrected chi connectivity index (χ0v) is 15.5. The summed E-state index contributed by atoms with van der Waals surface area (Å²) in [6.45, 7) is 3.38. The molecule has 1 saturated carbocycles. The summed E-state index contributed by atoms with van der Waals surface area (Å²) in [5, 5.41) is 2.48. The van der Waals surface area contributed by atoms with Crippen molar-refractivity contribution >= 4 is 21.6 Å². The number of hydrogen-bond donors (Lipinski definition) is 2. The number of anilines is 1. The molecule has 1 aliphatic carbocycles. The van der Waals surface area contributed by atoms with Gasteiger partial charge in [-0.3, -0.25) is 4.79 Å². The van der Waals surface area contributed by atoms with Crippen LogP contribution in [0.3, 0.4) is 0 Å². The molecule has 1 amide bonds. The summed E-state index contributed by atoms with van der Waals surface area (Å²) < 4.78 is 65.9. The fourth-order valence-corrected chi connectivity index (χ4v) is 4.42. The third kappa shape index (κ3) is 5.20. The van der Waals surface area contributed by atoms with Crippen LogP contribution < -0.4 is 10.0 Å². The van der Waals surface area contributed by atoms with E-state index in [1.165, 1.54) is 24.3 Å². The number of halogens is 3. The van der Waals surface area contributed by atoms with Gasteiger partial charge in [0.15, 0.2) is 0 Å². The van der Waals surface area contributed by atoms with Crippen LogP contribution in [0.15, 0.2) is 29.2 Å². The minimum absolute atomic E-state index is 0.0232. The number of carbonyl (C=O) groups excluding carboxylic acids is 1. The van der Waals surface area contributed by atoms with Gasteiger partial charge in [0.1, 0.15) is 0 Å². The molecule has 5 nitrogen and oxygen atoms in total. The first-order chi connectivity index (χ1) is 12.0. The minimum atomic E-state index is -4.40. The minimum Gasteiger partial charge on any atom is -0.326 e. The van der Waals surface area contributed by atoms with Crippen LogP contribution >= 0.6 is 0 Å². The van der Waals surface area contributed by atoms with Crippen molar-refractivity contribution in [3.63, 3.8) is 0 Å². The molecule has 0 saturated heterocycles. The van der Waals surface area contributed by atoms with E-state index in [-0.39, 0.29) is 29.5 Å². The average molecular weight is 392 g/mol. The van der Waals surface area contributed by atoms with Crippen molar-refractivity contribution in [2.24, 2.45) is 11.8 Å². The summed E-state index contributed by atoms with van der Waals surface area (Å²) in [5.41, 5.74) is 0.269. The van der Waals surface area contributed by atoms with E-state index < -0.39 is 33.9 Å². The van der Waals surface area contributed by atoms with Gasteiger partial charge in [-0.1, -0.05) is 12.8 Å². The van der Waals surface area contributed by atoms with Gasteiger partial charge < -0.3 is 5.32 Å². The summed E-state index contributed by atoms with van der Waals surface area (Å²) in [5.74, 6) is -3.43. The predicted molar refractivity (Wildman–Crippen MR) is 92.0 cm³/mol. The van der Waals surface area contributed by atoms with Crippen molar-refractivity contribution in [1.82, 2.24) is 4.72 Å². The maximum atomic E-state index is 13.1. The van der Waals surface area contributed by atoms with Crippen LogP contribution in [0.1, 0.15) is 39.5 Å². The Morgan fingerprint density at radius 1 is 1.12 bits per heavy atom. The van der Waals surface area contributed by atoms with Crippen molar-refractivity contribution in [3.05, 3.63) is 24.3 Å². The quantitative estimate of drug-likeness (QED) is 0.803. The predicted octanol–water partition coefficient (Wildman–Crippen LogP) is 3.68. The lowest BCUT2D eigenvalue weighted by molar-refractivity contribution is -0.197. The molecular formula is C17H23F3N2O3S. The van der Waals surface area contributed by atoms with Gasteiger partial charge in [-0.05, 0) is 51.0 Å². The molecular weight excluding hydrogens is 369 g/mol. The van der Waals surface area contributed by atoms with E-state index in [0.29, 0.717) is 12.8 Å². The number of nitrogens with one attached hydrogen (secondary N) is 2. The Labute approximate surface area is 151 Å². The van der Waals surface area contributed by atoms with Gasteiger partial charge in [-0.25, -0.2) is 13.1 Å². The summed E-state index contributed by atoms with van der Waals surface area (Å²) in [6, 6.07) is 5.09. The highest BCUT2D eigenvalue weighted by Gasteiger charge is 2.48. The average Bonchev–Trinajstić information content (AvgIpc) is 2.53. The number of carbonyl (C=O) groups is 1. The molecule has 0 bridgehead atoms. The first-order valence-corrected chi connectivity index (χ1v) is 9.99. The summed E-state index contributed by atoms with van der Waals surface area (Å²) in [6.07, 6.45) is -3.20. The van der Waals surface area contributed by atoms with Crippen LogP contribution in [0.25, 0.3) is 0 Å². The summed E-state index contributed by atoms with van der Waals surface area (Å²) in [4.78, 5) is 12.3. The highest BCUT2D eigenvalue weighted by Crippen LogP contribution is 2.41. The first kappa shape index (κ1) is 20.7. The maximum Gasteiger partial charge on any atom is 0.392 e. The van der Waals surface area contributed by atoms with Crippen molar-refractivity contribution in [2.75, 3.05) is 5.32 Å². The van der Waals surface area contributed by atoms with E-state index in [0.717, 1.165) is 0 Å². The molecule has 26 heavy (non-hydrogen) atoms. The van der Waals surface area contributed by atoms with E-state index in [1.54, 1.807) is 13.8 Å². The van der Waals surface area contributed by atoms with Gasteiger partial charge in [-0.15, -0.1) is 0 Å². The van der Waals surface area contributed by atoms with Crippen molar-refractivity contribution in [3.8, 4) is 0 Å². The molecule has 2 rings (SSSR count). The first-order valence-electron chi connectivity index (χ1n) is 8.50.